The third kappa shape index (κ3) is 5.06. The zero-order valence-electron chi connectivity index (χ0n) is 13.9. The summed E-state index contributed by atoms with van der Waals surface area (Å²) in [5.41, 5.74) is 1.37. The van der Waals surface area contributed by atoms with Crippen LogP contribution in [0.1, 0.15) is 32.3 Å². The van der Waals surface area contributed by atoms with Crippen molar-refractivity contribution in [2.45, 2.75) is 45.2 Å². The van der Waals surface area contributed by atoms with Gasteiger partial charge in [0.1, 0.15) is 6.04 Å². The molecule has 0 radical (unpaired) electrons. The van der Waals surface area contributed by atoms with Gasteiger partial charge in [0.05, 0.1) is 6.04 Å². The van der Waals surface area contributed by atoms with E-state index in [9.17, 15) is 9.59 Å². The summed E-state index contributed by atoms with van der Waals surface area (Å²) in [4.78, 5) is 25.1. The molecule has 5 nitrogen and oxygen atoms in total. The monoisotopic (exact) mass is 318 g/mol. The van der Waals surface area contributed by atoms with E-state index < -0.39 is 12.0 Å². The highest BCUT2D eigenvalue weighted by Gasteiger charge is 2.28. The Morgan fingerprint density at radius 2 is 1.83 bits per heavy atom. The van der Waals surface area contributed by atoms with Crippen molar-refractivity contribution in [3.05, 3.63) is 35.9 Å². The molecule has 5 heteroatoms. The first kappa shape index (κ1) is 17.5. The Kier molecular flexibility index (Phi) is 6.16. The number of amides is 1. The molecule has 0 saturated carbocycles. The minimum Gasteiger partial charge on any atom is -0.480 e. The molecule has 1 aliphatic rings. The lowest BCUT2D eigenvalue weighted by Crippen LogP contribution is -2.51. The maximum Gasteiger partial charge on any atom is 0.325 e. The number of hydrogen-bond acceptors (Lipinski definition) is 3. The number of carboxylic acid groups (broad SMARTS) is 1. The highest BCUT2D eigenvalue weighted by atomic mass is 16.4. The Morgan fingerprint density at radius 3 is 2.39 bits per heavy atom. The van der Waals surface area contributed by atoms with Gasteiger partial charge in [-0.15, -0.1) is 0 Å². The number of aliphatic carboxylic acids is 1. The quantitative estimate of drug-likeness (QED) is 0.841. The second kappa shape index (κ2) is 8.11. The number of carboxylic acids is 1. The predicted octanol–water partition coefficient (Wildman–Crippen LogP) is 1.92. The molecule has 0 spiro atoms. The van der Waals surface area contributed by atoms with Gasteiger partial charge in [-0.3, -0.25) is 14.5 Å². The number of piperidine rings is 1. The number of nitrogens with zero attached hydrogens (tertiary/aromatic N) is 1. The molecule has 2 N–H and O–H groups in total. The average Bonchev–Trinajstić information content (AvgIpc) is 2.55. The van der Waals surface area contributed by atoms with Gasteiger partial charge in [-0.25, -0.2) is 0 Å². The zero-order chi connectivity index (χ0) is 16.8. The van der Waals surface area contributed by atoms with Crippen molar-refractivity contribution in [2.24, 2.45) is 5.92 Å². The second-order valence-corrected chi connectivity index (χ2v) is 6.41. The molecule has 2 rings (SSSR count). The van der Waals surface area contributed by atoms with Gasteiger partial charge in [0.15, 0.2) is 0 Å². The molecule has 0 aromatic heterocycles. The number of carbonyl (C=O) groups is 2. The fourth-order valence-electron chi connectivity index (χ4n) is 3.05. The number of hydrogen-bond donors (Lipinski definition) is 2. The van der Waals surface area contributed by atoms with Gasteiger partial charge in [-0.1, -0.05) is 30.3 Å². The summed E-state index contributed by atoms with van der Waals surface area (Å²) in [6.07, 6.45) is 3.23. The lowest BCUT2D eigenvalue weighted by Gasteiger charge is -2.35. The van der Waals surface area contributed by atoms with E-state index in [2.05, 4.69) is 34.5 Å². The molecule has 1 saturated heterocycles. The van der Waals surface area contributed by atoms with E-state index in [-0.39, 0.29) is 11.9 Å². The van der Waals surface area contributed by atoms with Crippen LogP contribution >= 0.6 is 0 Å². The van der Waals surface area contributed by atoms with Crippen LogP contribution in [0.25, 0.3) is 0 Å². The zero-order valence-corrected chi connectivity index (χ0v) is 13.9. The standard InChI is InChI=1S/C18H26N2O3/c1-13(18(22)23)19-17(21)14(2)20-10-8-16(9-11-20)12-15-6-4-3-5-7-15/h3-7,13-14,16H,8-12H2,1-2H3,(H,19,21)(H,22,23)/t13-,14?/m0/s1. The van der Waals surface area contributed by atoms with Crippen LogP contribution in [0.3, 0.4) is 0 Å². The number of benzene rings is 1. The minimum atomic E-state index is -1.01. The van der Waals surface area contributed by atoms with Crippen LogP contribution in [0.5, 0.6) is 0 Å². The van der Waals surface area contributed by atoms with Crippen LogP contribution < -0.4 is 5.32 Å². The van der Waals surface area contributed by atoms with Crippen LogP contribution in [-0.2, 0) is 16.0 Å². The Morgan fingerprint density at radius 1 is 1.22 bits per heavy atom. The van der Waals surface area contributed by atoms with Crippen LogP contribution in [0, 0.1) is 5.92 Å². The summed E-state index contributed by atoms with van der Waals surface area (Å²) in [5.74, 6) is -0.560. The molecular formula is C18H26N2O3. The molecular weight excluding hydrogens is 292 g/mol. The number of rotatable bonds is 6. The van der Waals surface area contributed by atoms with E-state index in [1.807, 2.05) is 13.0 Å². The van der Waals surface area contributed by atoms with Gasteiger partial charge in [0.2, 0.25) is 5.91 Å². The van der Waals surface area contributed by atoms with Crippen molar-refractivity contribution in [2.75, 3.05) is 13.1 Å². The third-order valence-electron chi connectivity index (χ3n) is 4.67. The fourth-order valence-corrected chi connectivity index (χ4v) is 3.05. The van der Waals surface area contributed by atoms with Crippen LogP contribution in [0.15, 0.2) is 30.3 Å². The van der Waals surface area contributed by atoms with Crippen LogP contribution in [-0.4, -0.2) is 47.1 Å². The minimum absolute atomic E-state index is 0.207. The predicted molar refractivity (Wildman–Crippen MR) is 89.1 cm³/mol. The first-order chi connectivity index (χ1) is 11.0. The lowest BCUT2D eigenvalue weighted by molar-refractivity contribution is -0.142. The molecule has 0 bridgehead atoms. The molecule has 0 aliphatic carbocycles. The normalized spacial score (nSPS) is 19.0. The Bertz CT molecular complexity index is 524. The Hall–Kier alpha value is -1.88. The molecule has 1 aromatic carbocycles. The number of likely N-dealkylation sites (tertiary alicyclic amines) is 1. The molecule has 1 aromatic rings. The van der Waals surface area contributed by atoms with Crippen LogP contribution in [0.2, 0.25) is 0 Å². The molecule has 1 aliphatic heterocycles. The van der Waals surface area contributed by atoms with E-state index in [1.54, 1.807) is 0 Å². The van der Waals surface area contributed by atoms with Gasteiger partial charge in [-0.05, 0) is 57.7 Å². The summed E-state index contributed by atoms with van der Waals surface area (Å²) < 4.78 is 0. The first-order valence-electron chi connectivity index (χ1n) is 8.28. The van der Waals surface area contributed by atoms with E-state index >= 15 is 0 Å². The molecule has 1 unspecified atom stereocenters. The number of carbonyl (C=O) groups excluding carboxylic acids is 1. The molecule has 1 amide bonds. The largest absolute Gasteiger partial charge is 0.480 e. The van der Waals surface area contributed by atoms with Crippen molar-refractivity contribution in [3.8, 4) is 0 Å². The van der Waals surface area contributed by atoms with Gasteiger partial charge in [0, 0.05) is 0 Å². The van der Waals surface area contributed by atoms with E-state index in [0.29, 0.717) is 5.92 Å². The maximum atomic E-state index is 12.1. The van der Waals surface area contributed by atoms with E-state index in [4.69, 9.17) is 5.11 Å². The van der Waals surface area contributed by atoms with Crippen molar-refractivity contribution < 1.29 is 14.7 Å². The average molecular weight is 318 g/mol. The lowest BCUT2D eigenvalue weighted by atomic mass is 9.89. The summed E-state index contributed by atoms with van der Waals surface area (Å²) in [5, 5.41) is 11.4. The Balaban J connectivity index is 1.79. The van der Waals surface area contributed by atoms with Crippen LogP contribution in [0.4, 0.5) is 0 Å². The highest BCUT2D eigenvalue weighted by Crippen LogP contribution is 2.22. The second-order valence-electron chi connectivity index (χ2n) is 6.41. The molecule has 2 atom stereocenters. The smallest absolute Gasteiger partial charge is 0.325 e. The van der Waals surface area contributed by atoms with Crippen molar-refractivity contribution in [1.29, 1.82) is 0 Å². The van der Waals surface area contributed by atoms with Crippen molar-refractivity contribution in [3.63, 3.8) is 0 Å². The summed E-state index contributed by atoms with van der Waals surface area (Å²) in [7, 11) is 0. The summed E-state index contributed by atoms with van der Waals surface area (Å²) in [6, 6.07) is 9.37. The third-order valence-corrected chi connectivity index (χ3v) is 4.67. The van der Waals surface area contributed by atoms with Gasteiger partial charge in [0.25, 0.3) is 0 Å². The maximum absolute atomic E-state index is 12.1. The SMILES string of the molecule is CC(C(=O)N[C@@H](C)C(=O)O)N1CCC(Cc2ccccc2)CC1. The summed E-state index contributed by atoms with van der Waals surface area (Å²) >= 11 is 0. The van der Waals surface area contributed by atoms with Gasteiger partial charge in [-0.2, -0.15) is 0 Å². The summed E-state index contributed by atoms with van der Waals surface area (Å²) in [6.45, 7) is 5.10. The van der Waals surface area contributed by atoms with Gasteiger partial charge >= 0.3 is 5.97 Å². The highest BCUT2D eigenvalue weighted by molar-refractivity contribution is 5.86. The first-order valence-corrected chi connectivity index (χ1v) is 8.28. The molecule has 1 fully saturated rings. The topological polar surface area (TPSA) is 69.6 Å². The van der Waals surface area contributed by atoms with Gasteiger partial charge < -0.3 is 10.4 Å². The molecule has 1 heterocycles. The van der Waals surface area contributed by atoms with Crippen molar-refractivity contribution >= 4 is 11.9 Å². The molecule has 126 valence electrons. The van der Waals surface area contributed by atoms with E-state index in [0.717, 1.165) is 32.4 Å². The molecule has 23 heavy (non-hydrogen) atoms. The number of nitrogens with one attached hydrogen (secondary N) is 1. The Labute approximate surface area is 137 Å². The van der Waals surface area contributed by atoms with Crippen molar-refractivity contribution in [1.82, 2.24) is 10.2 Å². The fraction of sp³-hybridized carbons (Fsp3) is 0.556. The van der Waals surface area contributed by atoms with E-state index in [1.165, 1.54) is 12.5 Å².